The molecule has 0 aromatic carbocycles. The summed E-state index contributed by atoms with van der Waals surface area (Å²) in [5.74, 6) is -0.237. The summed E-state index contributed by atoms with van der Waals surface area (Å²) in [6.07, 6.45) is -2.57. The second kappa shape index (κ2) is 6.10. The van der Waals surface area contributed by atoms with Crippen LogP contribution in [-0.4, -0.2) is 33.5 Å². The lowest BCUT2D eigenvalue weighted by Crippen LogP contribution is -2.31. The van der Waals surface area contributed by atoms with Gasteiger partial charge in [-0.2, -0.15) is 4.98 Å². The molecule has 0 saturated carbocycles. The van der Waals surface area contributed by atoms with Gasteiger partial charge in [-0.1, -0.05) is 0 Å². The van der Waals surface area contributed by atoms with Crippen molar-refractivity contribution in [3.05, 3.63) is 40.5 Å². The quantitative estimate of drug-likeness (QED) is 0.864. The zero-order valence-corrected chi connectivity index (χ0v) is 10.6. The number of alkyl halides is 1. The second-order valence-electron chi connectivity index (χ2n) is 4.27. The van der Waals surface area contributed by atoms with E-state index in [1.54, 1.807) is 0 Å². The molecule has 1 fully saturated rings. The SMILES string of the molecule is Nc1nc(=O)n(C2OC(CO)/C(=C/F)C2F)cc1/C=C/F. The van der Waals surface area contributed by atoms with Crippen molar-refractivity contribution in [2.24, 2.45) is 0 Å². The second-order valence-corrected chi connectivity index (χ2v) is 4.27. The third-order valence-corrected chi connectivity index (χ3v) is 3.06. The predicted molar refractivity (Wildman–Crippen MR) is 68.1 cm³/mol. The molecule has 3 N–H and O–H groups in total. The third kappa shape index (κ3) is 2.69. The molecule has 1 aliphatic heterocycles. The van der Waals surface area contributed by atoms with E-state index in [4.69, 9.17) is 15.6 Å². The Morgan fingerprint density at radius 1 is 1.52 bits per heavy atom. The van der Waals surface area contributed by atoms with Crippen LogP contribution in [0.1, 0.15) is 11.8 Å². The van der Waals surface area contributed by atoms with Crippen LogP contribution in [0.5, 0.6) is 0 Å². The number of nitrogens with two attached hydrogens (primary N) is 1. The standard InChI is InChI=1S/C12H12F3N3O3/c13-2-1-6-4-18(12(20)17-10(6)16)11-9(15)7(3-14)8(5-19)21-11/h1-4,8-9,11,19H,5H2,(H2,16,17,20)/b2-1+,7-3-. The Labute approximate surface area is 117 Å². The highest BCUT2D eigenvalue weighted by atomic mass is 19.1. The van der Waals surface area contributed by atoms with E-state index in [2.05, 4.69) is 4.98 Å². The predicted octanol–water partition coefficient (Wildman–Crippen LogP) is 0.847. The Morgan fingerprint density at radius 2 is 2.24 bits per heavy atom. The van der Waals surface area contributed by atoms with Crippen LogP contribution in [0, 0.1) is 0 Å². The summed E-state index contributed by atoms with van der Waals surface area (Å²) in [6, 6.07) is 0. The lowest BCUT2D eigenvalue weighted by atomic mass is 10.1. The molecule has 0 spiro atoms. The topological polar surface area (TPSA) is 90.4 Å². The van der Waals surface area contributed by atoms with Gasteiger partial charge in [-0.15, -0.1) is 0 Å². The van der Waals surface area contributed by atoms with Crippen LogP contribution in [0.3, 0.4) is 0 Å². The first-order valence-electron chi connectivity index (χ1n) is 5.89. The maximum atomic E-state index is 14.1. The van der Waals surface area contributed by atoms with Gasteiger partial charge in [0.15, 0.2) is 12.4 Å². The zero-order chi connectivity index (χ0) is 15.6. The fourth-order valence-electron chi connectivity index (χ4n) is 2.02. The molecule has 0 bridgehead atoms. The average molecular weight is 303 g/mol. The summed E-state index contributed by atoms with van der Waals surface area (Å²) < 4.78 is 44.8. The van der Waals surface area contributed by atoms with Gasteiger partial charge in [-0.05, 0) is 6.08 Å². The van der Waals surface area contributed by atoms with E-state index in [0.29, 0.717) is 0 Å². The highest BCUT2D eigenvalue weighted by Crippen LogP contribution is 2.35. The monoisotopic (exact) mass is 303 g/mol. The molecular formula is C12H12F3N3O3. The normalized spacial score (nSPS) is 27.8. The zero-order valence-electron chi connectivity index (χ0n) is 10.6. The highest BCUT2D eigenvalue weighted by Gasteiger charge is 2.42. The van der Waals surface area contributed by atoms with Crippen molar-refractivity contribution < 1.29 is 23.0 Å². The largest absolute Gasteiger partial charge is 0.393 e. The van der Waals surface area contributed by atoms with E-state index in [9.17, 15) is 18.0 Å². The Kier molecular flexibility index (Phi) is 4.43. The molecule has 114 valence electrons. The number of nitrogens with zero attached hydrogens (tertiary/aromatic N) is 2. The number of halogens is 3. The van der Waals surface area contributed by atoms with Gasteiger partial charge in [0.2, 0.25) is 0 Å². The van der Waals surface area contributed by atoms with Gasteiger partial charge in [0, 0.05) is 17.3 Å². The maximum Gasteiger partial charge on any atom is 0.351 e. The smallest absolute Gasteiger partial charge is 0.351 e. The molecule has 0 radical (unpaired) electrons. The number of aliphatic hydroxyl groups excluding tert-OH is 1. The summed E-state index contributed by atoms with van der Waals surface area (Å²) in [7, 11) is 0. The summed E-state index contributed by atoms with van der Waals surface area (Å²) in [5.41, 5.74) is 4.10. The van der Waals surface area contributed by atoms with E-state index in [1.165, 1.54) is 0 Å². The van der Waals surface area contributed by atoms with Gasteiger partial charge >= 0.3 is 5.69 Å². The van der Waals surface area contributed by atoms with Crippen molar-refractivity contribution >= 4 is 11.9 Å². The van der Waals surface area contributed by atoms with Crippen LogP contribution < -0.4 is 11.4 Å². The minimum absolute atomic E-state index is 0.0102. The van der Waals surface area contributed by atoms with E-state index in [1.807, 2.05) is 0 Å². The van der Waals surface area contributed by atoms with Gasteiger partial charge in [0.1, 0.15) is 11.9 Å². The number of rotatable bonds is 3. The van der Waals surface area contributed by atoms with Crippen molar-refractivity contribution in [1.82, 2.24) is 9.55 Å². The Bertz CT molecular complexity index is 644. The molecule has 21 heavy (non-hydrogen) atoms. The minimum atomic E-state index is -1.99. The molecule has 2 heterocycles. The van der Waals surface area contributed by atoms with Crippen LogP contribution >= 0.6 is 0 Å². The third-order valence-electron chi connectivity index (χ3n) is 3.06. The molecule has 9 heteroatoms. The Balaban J connectivity index is 2.47. The first-order chi connectivity index (χ1) is 10.0. The van der Waals surface area contributed by atoms with Gasteiger partial charge in [-0.25, -0.2) is 18.0 Å². The molecule has 3 atom stereocenters. The Morgan fingerprint density at radius 3 is 2.76 bits per heavy atom. The molecular weight excluding hydrogens is 291 g/mol. The summed E-state index contributed by atoms with van der Waals surface area (Å²) in [4.78, 5) is 15.2. The van der Waals surface area contributed by atoms with Crippen molar-refractivity contribution in [2.75, 3.05) is 12.3 Å². The fourth-order valence-corrected chi connectivity index (χ4v) is 2.02. The summed E-state index contributed by atoms with van der Waals surface area (Å²) in [5, 5.41) is 9.02. The van der Waals surface area contributed by atoms with Crippen LogP contribution in [0.4, 0.5) is 19.0 Å². The fraction of sp³-hybridized carbons (Fsp3) is 0.333. The van der Waals surface area contributed by atoms with Gasteiger partial charge in [0.25, 0.3) is 0 Å². The first-order valence-corrected chi connectivity index (χ1v) is 5.89. The van der Waals surface area contributed by atoms with E-state index >= 15 is 0 Å². The molecule has 6 nitrogen and oxygen atoms in total. The van der Waals surface area contributed by atoms with E-state index in [0.717, 1.165) is 16.8 Å². The number of anilines is 1. The number of hydrogen-bond donors (Lipinski definition) is 2. The minimum Gasteiger partial charge on any atom is -0.393 e. The molecule has 1 saturated heterocycles. The Hall–Kier alpha value is -2.13. The number of ether oxygens (including phenoxy) is 1. The molecule has 0 aliphatic carbocycles. The molecule has 1 aliphatic rings. The van der Waals surface area contributed by atoms with E-state index < -0.39 is 36.4 Å². The molecule has 1 aromatic heterocycles. The number of hydrogen-bond acceptors (Lipinski definition) is 5. The molecule has 1 aromatic rings. The van der Waals surface area contributed by atoms with Crippen molar-refractivity contribution in [3.63, 3.8) is 0 Å². The van der Waals surface area contributed by atoms with Crippen LogP contribution in [0.25, 0.3) is 6.08 Å². The molecule has 0 amide bonds. The summed E-state index contributed by atoms with van der Waals surface area (Å²) in [6.45, 7) is -0.652. The van der Waals surface area contributed by atoms with Gasteiger partial charge in [-0.3, -0.25) is 4.57 Å². The lowest BCUT2D eigenvalue weighted by Gasteiger charge is -2.16. The van der Waals surface area contributed by atoms with Crippen molar-refractivity contribution in [1.29, 1.82) is 0 Å². The average Bonchev–Trinajstić information content (AvgIpc) is 2.78. The number of nitrogen functional groups attached to an aromatic ring is 1. The number of aromatic nitrogens is 2. The van der Waals surface area contributed by atoms with Crippen LogP contribution in [-0.2, 0) is 4.74 Å². The number of aliphatic hydroxyl groups is 1. The molecule has 3 unspecified atom stereocenters. The van der Waals surface area contributed by atoms with Gasteiger partial charge in [0.05, 0.1) is 19.3 Å². The maximum absolute atomic E-state index is 14.1. The molecule has 2 rings (SSSR count). The van der Waals surface area contributed by atoms with Crippen LogP contribution in [0.15, 0.2) is 29.2 Å². The van der Waals surface area contributed by atoms with E-state index in [-0.39, 0.29) is 24.0 Å². The summed E-state index contributed by atoms with van der Waals surface area (Å²) >= 11 is 0. The lowest BCUT2D eigenvalue weighted by molar-refractivity contribution is -0.0375. The van der Waals surface area contributed by atoms with Crippen LogP contribution in [0.2, 0.25) is 0 Å². The van der Waals surface area contributed by atoms with Gasteiger partial charge < -0.3 is 15.6 Å². The highest BCUT2D eigenvalue weighted by molar-refractivity contribution is 5.58. The van der Waals surface area contributed by atoms with Crippen molar-refractivity contribution in [2.45, 2.75) is 18.5 Å². The van der Waals surface area contributed by atoms with Crippen molar-refractivity contribution in [3.8, 4) is 0 Å². The first kappa shape index (κ1) is 15.3.